The third-order valence-electron chi connectivity index (χ3n) is 4.54. The van der Waals surface area contributed by atoms with Gasteiger partial charge in [-0.15, -0.1) is 0 Å². The van der Waals surface area contributed by atoms with E-state index in [9.17, 15) is 22.4 Å². The Kier molecular flexibility index (Phi) is 8.34. The first-order chi connectivity index (χ1) is 15.1. The maximum Gasteiger partial charge on any atom is 0.394 e. The van der Waals surface area contributed by atoms with Crippen molar-refractivity contribution in [1.82, 2.24) is 5.32 Å². The van der Waals surface area contributed by atoms with Crippen LogP contribution in [0.3, 0.4) is 0 Å². The van der Waals surface area contributed by atoms with Gasteiger partial charge in [0.1, 0.15) is 19.5 Å². The number of halogens is 4. The highest BCUT2D eigenvalue weighted by Crippen LogP contribution is 2.25. The first-order valence-corrected chi connectivity index (χ1v) is 9.51. The van der Waals surface area contributed by atoms with E-state index in [0.717, 1.165) is 12.1 Å². The molecule has 2 aromatic rings. The summed E-state index contributed by atoms with van der Waals surface area (Å²) in [6.45, 7) is 3.00. The number of alkyl halides is 3. The third-order valence-corrected chi connectivity index (χ3v) is 4.54. The van der Waals surface area contributed by atoms with Crippen LogP contribution in [0.4, 0.5) is 17.6 Å². The second-order valence-electron chi connectivity index (χ2n) is 6.87. The second-order valence-corrected chi connectivity index (χ2v) is 6.87. The lowest BCUT2D eigenvalue weighted by Crippen LogP contribution is -2.29. The lowest BCUT2D eigenvalue weighted by atomic mass is 9.98. The summed E-state index contributed by atoms with van der Waals surface area (Å²) in [7, 11) is 2.71. The fourth-order valence-electron chi connectivity index (χ4n) is 3.03. The zero-order chi connectivity index (χ0) is 23.9. The number of carbonyl (C=O) groups is 1. The molecule has 2 rings (SSSR count). The molecule has 0 aromatic heterocycles. The molecule has 0 fully saturated rings. The molecule has 0 aliphatic heterocycles. The van der Waals surface area contributed by atoms with E-state index in [0.29, 0.717) is 22.3 Å². The molecule has 0 atom stereocenters. The van der Waals surface area contributed by atoms with Crippen molar-refractivity contribution < 1.29 is 32.0 Å². The van der Waals surface area contributed by atoms with Crippen molar-refractivity contribution in [2.24, 2.45) is 10.3 Å². The van der Waals surface area contributed by atoms with E-state index in [1.54, 1.807) is 25.1 Å². The quantitative estimate of drug-likeness (QED) is 0.366. The Morgan fingerprint density at radius 3 is 2.38 bits per heavy atom. The van der Waals surface area contributed by atoms with Crippen molar-refractivity contribution in [3.05, 3.63) is 70.0 Å². The fourth-order valence-corrected chi connectivity index (χ4v) is 3.03. The van der Waals surface area contributed by atoms with Crippen LogP contribution in [0.15, 0.2) is 46.7 Å². The molecule has 0 saturated carbocycles. The summed E-state index contributed by atoms with van der Waals surface area (Å²) in [5.41, 5.74) is 1.60. The maximum absolute atomic E-state index is 13.4. The number of benzene rings is 2. The molecule has 10 heteroatoms. The minimum absolute atomic E-state index is 0.0221. The highest BCUT2D eigenvalue weighted by Gasteiger charge is 2.31. The Balaban J connectivity index is 2.42. The summed E-state index contributed by atoms with van der Waals surface area (Å²) in [6.07, 6.45) is -5.90. The Bertz CT molecular complexity index is 1030. The predicted octanol–water partition coefficient (Wildman–Crippen LogP) is 4.41. The fraction of sp³-hybridized carbons (Fsp3) is 0.318. The van der Waals surface area contributed by atoms with Gasteiger partial charge in [-0.25, -0.2) is 4.39 Å². The van der Waals surface area contributed by atoms with Gasteiger partial charge in [0, 0.05) is 23.7 Å². The van der Waals surface area contributed by atoms with Gasteiger partial charge in [0.2, 0.25) is 0 Å². The largest absolute Gasteiger partial charge is 0.398 e. The normalized spacial score (nSPS) is 12.5. The molecule has 1 amide bonds. The van der Waals surface area contributed by atoms with E-state index in [-0.39, 0.29) is 23.6 Å². The molecule has 0 saturated heterocycles. The third kappa shape index (κ3) is 6.53. The van der Waals surface area contributed by atoms with E-state index in [1.165, 1.54) is 27.1 Å². The standard InChI is InChI=1S/C22H23F4N3O3/c1-13-6-5-7-17(20(29-31-4)21(30)27-3)18(13)12-32-28-19(11-22(24,25)26)16-9-8-15(23)10-14(16)2/h5-10H,11-12H2,1-4H3,(H,27,30)/b28-19+,29-20+. The van der Waals surface area contributed by atoms with Crippen LogP contribution in [0.2, 0.25) is 0 Å². The summed E-state index contributed by atoms with van der Waals surface area (Å²) in [5, 5.41) is 9.93. The highest BCUT2D eigenvalue weighted by atomic mass is 19.4. The van der Waals surface area contributed by atoms with Gasteiger partial charge in [-0.3, -0.25) is 4.79 Å². The minimum Gasteiger partial charge on any atom is -0.398 e. The minimum atomic E-state index is -4.55. The van der Waals surface area contributed by atoms with Crippen LogP contribution in [0.25, 0.3) is 0 Å². The van der Waals surface area contributed by atoms with Crippen molar-refractivity contribution in [2.45, 2.75) is 33.1 Å². The first-order valence-electron chi connectivity index (χ1n) is 9.51. The molecule has 6 nitrogen and oxygen atoms in total. The van der Waals surface area contributed by atoms with Crippen molar-refractivity contribution in [1.29, 1.82) is 0 Å². The number of oxime groups is 2. The Hall–Kier alpha value is -3.43. The number of nitrogens with zero attached hydrogens (tertiary/aromatic N) is 2. The topological polar surface area (TPSA) is 72.3 Å². The zero-order valence-electron chi connectivity index (χ0n) is 18.0. The van der Waals surface area contributed by atoms with Gasteiger partial charge in [0.05, 0.1) is 12.1 Å². The van der Waals surface area contributed by atoms with Crippen LogP contribution in [0.5, 0.6) is 0 Å². The van der Waals surface area contributed by atoms with Gasteiger partial charge in [0.25, 0.3) is 5.91 Å². The van der Waals surface area contributed by atoms with Crippen LogP contribution in [-0.4, -0.2) is 37.7 Å². The summed E-state index contributed by atoms with van der Waals surface area (Å²) in [6, 6.07) is 8.47. The van der Waals surface area contributed by atoms with Gasteiger partial charge in [-0.2, -0.15) is 13.2 Å². The number of hydrogen-bond acceptors (Lipinski definition) is 5. The Morgan fingerprint density at radius 1 is 1.06 bits per heavy atom. The summed E-state index contributed by atoms with van der Waals surface area (Å²) < 4.78 is 52.7. The number of nitrogens with one attached hydrogen (secondary N) is 1. The number of aryl methyl sites for hydroxylation is 2. The maximum atomic E-state index is 13.4. The average molecular weight is 453 g/mol. The van der Waals surface area contributed by atoms with Crippen LogP contribution >= 0.6 is 0 Å². The number of rotatable bonds is 8. The molecule has 0 spiro atoms. The molecular weight excluding hydrogens is 430 g/mol. The molecule has 1 N–H and O–H groups in total. The van der Waals surface area contributed by atoms with E-state index in [4.69, 9.17) is 9.68 Å². The lowest BCUT2D eigenvalue weighted by Gasteiger charge is -2.15. The molecule has 172 valence electrons. The average Bonchev–Trinajstić information content (AvgIpc) is 2.71. The van der Waals surface area contributed by atoms with Crippen LogP contribution < -0.4 is 5.32 Å². The highest BCUT2D eigenvalue weighted by molar-refractivity contribution is 6.45. The van der Waals surface area contributed by atoms with Gasteiger partial charge < -0.3 is 15.0 Å². The number of likely N-dealkylation sites (N-methyl/N-ethyl adjacent to an activating group) is 1. The van der Waals surface area contributed by atoms with Crippen molar-refractivity contribution in [3.63, 3.8) is 0 Å². The molecule has 0 aliphatic carbocycles. The van der Waals surface area contributed by atoms with Crippen molar-refractivity contribution in [2.75, 3.05) is 14.2 Å². The Labute approximate surface area is 182 Å². The number of hydrogen-bond donors (Lipinski definition) is 1. The molecule has 0 bridgehead atoms. The molecule has 0 aliphatic rings. The van der Waals surface area contributed by atoms with Crippen LogP contribution in [0.1, 0.15) is 34.2 Å². The zero-order valence-corrected chi connectivity index (χ0v) is 18.0. The SMILES string of the molecule is CNC(=O)/C(=N/OC)c1cccc(C)c1CO/N=C(\CC(F)(F)F)c1ccc(F)cc1C. The van der Waals surface area contributed by atoms with E-state index < -0.39 is 24.3 Å². The van der Waals surface area contributed by atoms with Crippen molar-refractivity contribution in [3.8, 4) is 0 Å². The molecule has 32 heavy (non-hydrogen) atoms. The monoisotopic (exact) mass is 453 g/mol. The number of carbonyl (C=O) groups excluding carboxylic acids is 1. The number of amides is 1. The Morgan fingerprint density at radius 2 is 1.78 bits per heavy atom. The smallest absolute Gasteiger partial charge is 0.394 e. The van der Waals surface area contributed by atoms with Crippen LogP contribution in [-0.2, 0) is 21.1 Å². The summed E-state index contributed by atoms with van der Waals surface area (Å²) in [5.74, 6) is -1.08. The van der Waals surface area contributed by atoms with Crippen molar-refractivity contribution >= 4 is 17.3 Å². The molecule has 0 heterocycles. The first kappa shape index (κ1) is 24.8. The predicted molar refractivity (Wildman–Crippen MR) is 112 cm³/mol. The lowest BCUT2D eigenvalue weighted by molar-refractivity contribution is -0.121. The summed E-state index contributed by atoms with van der Waals surface area (Å²) in [4.78, 5) is 22.3. The van der Waals surface area contributed by atoms with Gasteiger partial charge in [-0.1, -0.05) is 28.5 Å². The summed E-state index contributed by atoms with van der Waals surface area (Å²) >= 11 is 0. The van der Waals surface area contributed by atoms with E-state index in [1.807, 2.05) is 0 Å². The molecule has 0 unspecified atom stereocenters. The molecular formula is C22H23F4N3O3. The second kappa shape index (κ2) is 10.7. The van der Waals surface area contributed by atoms with E-state index >= 15 is 0 Å². The molecule has 2 aromatic carbocycles. The van der Waals surface area contributed by atoms with Crippen LogP contribution in [0, 0.1) is 19.7 Å². The van der Waals surface area contributed by atoms with E-state index in [2.05, 4.69) is 15.6 Å². The molecule has 0 radical (unpaired) electrons. The van der Waals surface area contributed by atoms with Gasteiger partial charge in [0.15, 0.2) is 5.71 Å². The van der Waals surface area contributed by atoms with Gasteiger partial charge >= 0.3 is 6.18 Å². The van der Waals surface area contributed by atoms with Gasteiger partial charge in [-0.05, 0) is 43.2 Å².